The van der Waals surface area contributed by atoms with Crippen molar-refractivity contribution in [3.8, 4) is 0 Å². The molecule has 1 atom stereocenters. The smallest absolute Gasteiger partial charge is 0.237 e. The molecule has 0 rings (SSSR count). The van der Waals surface area contributed by atoms with Crippen LogP contribution in [0.25, 0.3) is 0 Å². The molecule has 0 aromatic carbocycles. The number of carbonyl (C=O) groups is 2. The van der Waals surface area contributed by atoms with Crippen LogP contribution in [0.3, 0.4) is 0 Å². The molecule has 0 saturated carbocycles. The van der Waals surface area contributed by atoms with Crippen molar-refractivity contribution >= 4 is 11.8 Å². The van der Waals surface area contributed by atoms with Gasteiger partial charge in [0.05, 0.1) is 12.5 Å². The molecule has 0 bridgehead atoms. The van der Waals surface area contributed by atoms with Crippen LogP contribution in [0, 0.1) is 0 Å². The molecule has 0 spiro atoms. The number of carbonyl (C=O) groups excluding carboxylic acids is 2. The summed E-state index contributed by atoms with van der Waals surface area (Å²) in [5.74, 6) is -0.891. The third-order valence-corrected chi connectivity index (χ3v) is 2.38. The summed E-state index contributed by atoms with van der Waals surface area (Å²) in [6.07, 6.45) is -0.114. The molecule has 0 aromatic rings. The summed E-state index contributed by atoms with van der Waals surface area (Å²) in [5, 5.41) is 2.67. The van der Waals surface area contributed by atoms with Crippen LogP contribution >= 0.6 is 0 Å². The third kappa shape index (κ3) is 6.36. The van der Waals surface area contributed by atoms with Crippen molar-refractivity contribution in [1.29, 1.82) is 0 Å². The minimum Gasteiger partial charge on any atom is -0.370 e. The average molecular weight is 230 g/mol. The number of nitrogens with two attached hydrogens (primary N) is 2. The summed E-state index contributed by atoms with van der Waals surface area (Å²) in [7, 11) is 0. The van der Waals surface area contributed by atoms with E-state index < -0.39 is 11.9 Å². The van der Waals surface area contributed by atoms with Crippen molar-refractivity contribution in [3.05, 3.63) is 0 Å². The first kappa shape index (κ1) is 14.9. The number of rotatable bonds is 8. The fourth-order valence-corrected chi connectivity index (χ4v) is 1.32. The topological polar surface area (TPSA) is 101 Å². The van der Waals surface area contributed by atoms with Crippen molar-refractivity contribution < 1.29 is 9.59 Å². The molecule has 0 saturated heterocycles. The summed E-state index contributed by atoms with van der Waals surface area (Å²) >= 11 is 0. The maximum absolute atomic E-state index is 11.4. The molecule has 6 heteroatoms. The Morgan fingerprint density at radius 3 is 2.31 bits per heavy atom. The average Bonchev–Trinajstić information content (AvgIpc) is 2.23. The Balaban J connectivity index is 3.76. The molecule has 0 aliphatic rings. The van der Waals surface area contributed by atoms with E-state index in [-0.39, 0.29) is 12.3 Å². The summed E-state index contributed by atoms with van der Waals surface area (Å²) in [6, 6.07) is -0.839. The van der Waals surface area contributed by atoms with E-state index in [9.17, 15) is 9.59 Å². The Morgan fingerprint density at radius 1 is 1.31 bits per heavy atom. The SMILES string of the molecule is CCN(CC)CCNC(=O)C(N)CC(N)=O. The molecule has 5 N–H and O–H groups in total. The quantitative estimate of drug-likeness (QED) is 0.479. The lowest BCUT2D eigenvalue weighted by Crippen LogP contribution is -2.45. The molecule has 6 nitrogen and oxygen atoms in total. The zero-order valence-electron chi connectivity index (χ0n) is 10.0. The van der Waals surface area contributed by atoms with Crippen molar-refractivity contribution in [1.82, 2.24) is 10.2 Å². The summed E-state index contributed by atoms with van der Waals surface area (Å²) < 4.78 is 0. The van der Waals surface area contributed by atoms with E-state index in [1.54, 1.807) is 0 Å². The van der Waals surface area contributed by atoms with Gasteiger partial charge in [0.15, 0.2) is 0 Å². The van der Waals surface area contributed by atoms with E-state index in [2.05, 4.69) is 24.1 Å². The minimum atomic E-state index is -0.839. The zero-order chi connectivity index (χ0) is 12.6. The van der Waals surface area contributed by atoms with Gasteiger partial charge in [0, 0.05) is 13.1 Å². The first-order chi connectivity index (χ1) is 7.51. The van der Waals surface area contributed by atoms with Gasteiger partial charge in [-0.3, -0.25) is 9.59 Å². The van der Waals surface area contributed by atoms with Gasteiger partial charge in [0.1, 0.15) is 0 Å². The summed E-state index contributed by atoms with van der Waals surface area (Å²) in [5.41, 5.74) is 10.4. The molecule has 1 unspecified atom stereocenters. The highest BCUT2D eigenvalue weighted by molar-refractivity contribution is 5.87. The first-order valence-electron chi connectivity index (χ1n) is 5.55. The Morgan fingerprint density at radius 2 is 1.88 bits per heavy atom. The van der Waals surface area contributed by atoms with Crippen LogP contribution < -0.4 is 16.8 Å². The number of primary amides is 1. The van der Waals surface area contributed by atoms with E-state index in [4.69, 9.17) is 11.5 Å². The standard InChI is InChI=1S/C10H22N4O2/c1-3-14(4-2)6-5-13-10(16)8(11)7-9(12)15/h8H,3-7,11H2,1-2H3,(H2,12,15)(H,13,16). The number of hydrogen-bond donors (Lipinski definition) is 3. The fraction of sp³-hybridized carbons (Fsp3) is 0.800. The maximum Gasteiger partial charge on any atom is 0.237 e. The number of likely N-dealkylation sites (N-methyl/N-ethyl adjacent to an activating group) is 1. The second-order valence-electron chi connectivity index (χ2n) is 3.59. The highest BCUT2D eigenvalue weighted by Crippen LogP contribution is 1.88. The lowest BCUT2D eigenvalue weighted by molar-refractivity contribution is -0.126. The Kier molecular flexibility index (Phi) is 7.49. The summed E-state index contributed by atoms with van der Waals surface area (Å²) in [6.45, 7) is 7.32. The molecule has 0 radical (unpaired) electrons. The Labute approximate surface area is 96.3 Å². The van der Waals surface area contributed by atoms with Crippen molar-refractivity contribution in [2.45, 2.75) is 26.3 Å². The molecule has 0 heterocycles. The molecule has 2 amide bonds. The van der Waals surface area contributed by atoms with Crippen LogP contribution in [0.5, 0.6) is 0 Å². The maximum atomic E-state index is 11.4. The van der Waals surface area contributed by atoms with Gasteiger partial charge in [-0.15, -0.1) is 0 Å². The predicted octanol–water partition coefficient (Wildman–Crippen LogP) is -1.35. The van der Waals surface area contributed by atoms with Crippen molar-refractivity contribution in [2.75, 3.05) is 26.2 Å². The van der Waals surface area contributed by atoms with Gasteiger partial charge in [0.2, 0.25) is 11.8 Å². The van der Waals surface area contributed by atoms with E-state index in [1.165, 1.54) is 0 Å². The van der Waals surface area contributed by atoms with Gasteiger partial charge < -0.3 is 21.7 Å². The molecular weight excluding hydrogens is 208 g/mol. The van der Waals surface area contributed by atoms with Gasteiger partial charge in [-0.2, -0.15) is 0 Å². The second kappa shape index (κ2) is 8.06. The fourth-order valence-electron chi connectivity index (χ4n) is 1.32. The monoisotopic (exact) mass is 230 g/mol. The van der Waals surface area contributed by atoms with E-state index in [0.29, 0.717) is 6.54 Å². The molecular formula is C10H22N4O2. The van der Waals surface area contributed by atoms with E-state index in [1.807, 2.05) is 0 Å². The molecule has 0 aliphatic heterocycles. The van der Waals surface area contributed by atoms with Gasteiger partial charge >= 0.3 is 0 Å². The van der Waals surface area contributed by atoms with Gasteiger partial charge in [-0.1, -0.05) is 13.8 Å². The molecule has 0 aliphatic carbocycles. The largest absolute Gasteiger partial charge is 0.370 e. The first-order valence-corrected chi connectivity index (χ1v) is 5.55. The van der Waals surface area contributed by atoms with Crippen LogP contribution in [0.2, 0.25) is 0 Å². The zero-order valence-corrected chi connectivity index (χ0v) is 10.0. The predicted molar refractivity (Wildman–Crippen MR) is 62.6 cm³/mol. The van der Waals surface area contributed by atoms with Crippen molar-refractivity contribution in [2.24, 2.45) is 11.5 Å². The van der Waals surface area contributed by atoms with Crippen LogP contribution in [0.4, 0.5) is 0 Å². The third-order valence-electron chi connectivity index (χ3n) is 2.38. The number of nitrogens with zero attached hydrogens (tertiary/aromatic N) is 1. The highest BCUT2D eigenvalue weighted by Gasteiger charge is 2.15. The number of nitrogens with one attached hydrogen (secondary N) is 1. The van der Waals surface area contributed by atoms with Crippen LogP contribution in [-0.4, -0.2) is 48.9 Å². The normalized spacial score (nSPS) is 12.5. The van der Waals surface area contributed by atoms with Gasteiger partial charge in [-0.25, -0.2) is 0 Å². The number of hydrogen-bond acceptors (Lipinski definition) is 4. The van der Waals surface area contributed by atoms with Gasteiger partial charge in [0.25, 0.3) is 0 Å². The Hall–Kier alpha value is -1.14. The summed E-state index contributed by atoms with van der Waals surface area (Å²) in [4.78, 5) is 24.1. The Bertz CT molecular complexity index is 229. The lowest BCUT2D eigenvalue weighted by Gasteiger charge is -2.18. The number of amides is 2. The minimum absolute atomic E-state index is 0.114. The lowest BCUT2D eigenvalue weighted by atomic mass is 10.2. The molecule has 0 fully saturated rings. The van der Waals surface area contributed by atoms with Gasteiger partial charge in [-0.05, 0) is 13.1 Å². The molecule has 16 heavy (non-hydrogen) atoms. The van der Waals surface area contributed by atoms with Crippen LogP contribution in [0.15, 0.2) is 0 Å². The van der Waals surface area contributed by atoms with E-state index in [0.717, 1.165) is 19.6 Å². The van der Waals surface area contributed by atoms with E-state index >= 15 is 0 Å². The van der Waals surface area contributed by atoms with Crippen molar-refractivity contribution in [3.63, 3.8) is 0 Å². The highest BCUT2D eigenvalue weighted by atomic mass is 16.2. The second-order valence-corrected chi connectivity index (χ2v) is 3.59. The molecule has 94 valence electrons. The van der Waals surface area contributed by atoms with Crippen LogP contribution in [0.1, 0.15) is 20.3 Å². The molecule has 0 aromatic heterocycles. The van der Waals surface area contributed by atoms with Crippen LogP contribution in [-0.2, 0) is 9.59 Å².